The fraction of sp³-hybridized carbons (Fsp3) is 0. The first-order chi connectivity index (χ1) is 3.31. The molecule has 0 unspecified atom stereocenters. The molecule has 0 rings (SSSR count). The third-order valence-corrected chi connectivity index (χ3v) is 0.297. The Kier molecular flexibility index (Phi) is 2.21. The van der Waals surface area contributed by atoms with Crippen LogP contribution in [0.1, 0.15) is 0 Å². The first kappa shape index (κ1) is 5.56. The first-order valence-electron chi connectivity index (χ1n) is 1.44. The van der Waals surface area contributed by atoms with E-state index in [1.165, 1.54) is 6.19 Å². The van der Waals surface area contributed by atoms with Gasteiger partial charge in [0.25, 0.3) is 5.96 Å². The highest BCUT2D eigenvalue weighted by Crippen LogP contribution is 1.60. The van der Waals surface area contributed by atoms with E-state index in [9.17, 15) is 0 Å². The van der Waals surface area contributed by atoms with Crippen molar-refractivity contribution < 1.29 is 5.53 Å². The first-order valence-corrected chi connectivity index (χ1v) is 1.44. The second-order valence-corrected chi connectivity index (χ2v) is 0.699. The lowest BCUT2D eigenvalue weighted by Gasteiger charge is -1.69. The molecule has 5 heteroatoms. The zero-order valence-corrected chi connectivity index (χ0v) is 3.50. The standard InChI is InChI=1S/C2H3N5/c3-1-6-2(4)7-5/h5H,(H2,4,6)/p+1. The number of hydrogen-bond acceptors (Lipinski definition) is 2. The van der Waals surface area contributed by atoms with Crippen LogP contribution in [-0.2, 0) is 0 Å². The van der Waals surface area contributed by atoms with Crippen molar-refractivity contribution in [1.29, 1.82) is 5.26 Å². The Morgan fingerprint density at radius 3 is 2.57 bits per heavy atom. The van der Waals surface area contributed by atoms with Gasteiger partial charge in [-0.2, -0.15) is 5.26 Å². The molecule has 0 aromatic rings. The molecule has 0 atom stereocenters. The van der Waals surface area contributed by atoms with Gasteiger partial charge in [-0.15, -0.1) is 10.5 Å². The van der Waals surface area contributed by atoms with E-state index in [0.29, 0.717) is 0 Å². The van der Waals surface area contributed by atoms with Gasteiger partial charge >= 0.3 is 0 Å². The Bertz CT molecular complexity index is 128. The van der Waals surface area contributed by atoms with E-state index in [1.807, 2.05) is 0 Å². The summed E-state index contributed by atoms with van der Waals surface area (Å²) in [5.74, 6) is -0.206. The molecule has 0 heterocycles. The number of guanidine groups is 1. The van der Waals surface area contributed by atoms with E-state index in [-0.39, 0.29) is 5.96 Å². The molecule has 0 aliphatic rings. The minimum absolute atomic E-state index is 0.206. The van der Waals surface area contributed by atoms with Gasteiger partial charge in [0.1, 0.15) is 0 Å². The molecule has 4 N–H and O–H groups in total. The van der Waals surface area contributed by atoms with Crippen LogP contribution in [0.4, 0.5) is 0 Å². The van der Waals surface area contributed by atoms with Gasteiger partial charge in [-0.05, 0) is 0 Å². The van der Waals surface area contributed by atoms with Crippen LogP contribution in [0.2, 0.25) is 0 Å². The minimum atomic E-state index is -0.206. The molecule has 0 aliphatic carbocycles. The lowest BCUT2D eigenvalue weighted by molar-refractivity contribution is -0.207. The number of nitrogens with zero attached hydrogens (tertiary/aromatic N) is 3. The number of rotatable bonds is 0. The van der Waals surface area contributed by atoms with Crippen LogP contribution in [0.25, 0.3) is 0 Å². The Morgan fingerprint density at radius 2 is 2.43 bits per heavy atom. The van der Waals surface area contributed by atoms with Crippen molar-refractivity contribution in [2.45, 2.75) is 0 Å². The molecule has 0 amide bonds. The summed E-state index contributed by atoms with van der Waals surface area (Å²) < 4.78 is 0. The molecule has 0 fully saturated rings. The van der Waals surface area contributed by atoms with Gasteiger partial charge in [-0.25, -0.2) is 0 Å². The van der Waals surface area contributed by atoms with Crippen molar-refractivity contribution >= 4 is 5.96 Å². The van der Waals surface area contributed by atoms with E-state index in [0.717, 1.165) is 0 Å². The van der Waals surface area contributed by atoms with Crippen LogP contribution < -0.4 is 11.3 Å². The minimum Gasteiger partial charge on any atom is -0.362 e. The SMILES string of the molecule is N#CN=C(N)N=[NH2+]. The number of nitriles is 1. The molecular weight excluding hydrogens is 94.1 g/mol. The molecule has 0 radical (unpaired) electrons. The molecule has 5 nitrogen and oxygen atoms in total. The summed E-state index contributed by atoms with van der Waals surface area (Å²) in [5.41, 5.74) is 9.40. The van der Waals surface area contributed by atoms with E-state index in [4.69, 9.17) is 11.0 Å². The van der Waals surface area contributed by atoms with Gasteiger partial charge < -0.3 is 5.73 Å². The fourth-order valence-corrected chi connectivity index (χ4v) is 0.0801. The predicted octanol–water partition coefficient (Wildman–Crippen LogP) is -2.01. The molecule has 0 saturated heterocycles. The van der Waals surface area contributed by atoms with E-state index >= 15 is 0 Å². The van der Waals surface area contributed by atoms with Crippen molar-refractivity contribution in [3.63, 3.8) is 0 Å². The van der Waals surface area contributed by atoms with E-state index < -0.39 is 0 Å². The van der Waals surface area contributed by atoms with Crippen molar-refractivity contribution in [3.05, 3.63) is 0 Å². The van der Waals surface area contributed by atoms with Crippen LogP contribution in [-0.4, -0.2) is 5.96 Å². The Labute approximate surface area is 40.0 Å². The predicted molar refractivity (Wildman–Crippen MR) is 21.6 cm³/mol. The number of nitrogens with two attached hydrogens (primary N) is 2. The summed E-state index contributed by atoms with van der Waals surface area (Å²) in [4.78, 5) is 2.95. The largest absolute Gasteiger partial charge is 0.362 e. The Morgan fingerprint density at radius 1 is 1.86 bits per heavy atom. The zero-order chi connectivity index (χ0) is 5.70. The molecule has 0 aliphatic heterocycles. The van der Waals surface area contributed by atoms with Gasteiger partial charge in [-0.1, -0.05) is 0 Å². The van der Waals surface area contributed by atoms with E-state index in [2.05, 4.69) is 15.6 Å². The highest BCUT2D eigenvalue weighted by Gasteiger charge is 1.81. The summed E-state index contributed by atoms with van der Waals surface area (Å²) in [6, 6.07) is 0. The van der Waals surface area contributed by atoms with Crippen molar-refractivity contribution in [3.8, 4) is 6.19 Å². The third kappa shape index (κ3) is 2.36. The van der Waals surface area contributed by atoms with Crippen LogP contribution >= 0.6 is 0 Å². The second kappa shape index (κ2) is 2.78. The topological polar surface area (TPSA) is 100 Å². The zero-order valence-electron chi connectivity index (χ0n) is 3.50. The average molecular weight is 98.1 g/mol. The molecule has 7 heavy (non-hydrogen) atoms. The smallest absolute Gasteiger partial charge is 0.295 e. The Hall–Kier alpha value is -1.44. The normalized spacial score (nSPS) is 9.86. The summed E-state index contributed by atoms with van der Waals surface area (Å²) in [5, 5.41) is 10.6. The molecular formula is C2H4N5+. The van der Waals surface area contributed by atoms with Crippen LogP contribution in [0.15, 0.2) is 10.1 Å². The fourth-order valence-electron chi connectivity index (χ4n) is 0.0801. The van der Waals surface area contributed by atoms with Crippen molar-refractivity contribution in [2.24, 2.45) is 15.8 Å². The van der Waals surface area contributed by atoms with Gasteiger partial charge in [0.05, 0.1) is 0 Å². The summed E-state index contributed by atoms with van der Waals surface area (Å²) in [6.45, 7) is 0. The monoisotopic (exact) mass is 98.0 g/mol. The lowest BCUT2D eigenvalue weighted by Crippen LogP contribution is -2.29. The van der Waals surface area contributed by atoms with Crippen LogP contribution in [0, 0.1) is 11.5 Å². The summed E-state index contributed by atoms with van der Waals surface area (Å²) >= 11 is 0. The molecule has 36 valence electrons. The van der Waals surface area contributed by atoms with Crippen molar-refractivity contribution in [2.75, 3.05) is 0 Å². The highest BCUT2D eigenvalue weighted by atomic mass is 15.1. The summed E-state index contributed by atoms with van der Waals surface area (Å²) in [7, 11) is 0. The summed E-state index contributed by atoms with van der Waals surface area (Å²) in [6.07, 6.45) is 1.41. The maximum Gasteiger partial charge on any atom is 0.295 e. The third-order valence-electron chi connectivity index (χ3n) is 0.297. The lowest BCUT2D eigenvalue weighted by atomic mass is 11.0. The maximum atomic E-state index is 7.73. The number of aliphatic imine (C=N–C) groups is 1. The van der Waals surface area contributed by atoms with Gasteiger partial charge in [0, 0.05) is 5.11 Å². The van der Waals surface area contributed by atoms with Gasteiger partial charge in [0.15, 0.2) is 0 Å². The average Bonchev–Trinajstić information content (AvgIpc) is 1.68. The van der Waals surface area contributed by atoms with Crippen molar-refractivity contribution in [1.82, 2.24) is 0 Å². The van der Waals surface area contributed by atoms with Gasteiger partial charge in [0.2, 0.25) is 6.19 Å². The number of hydrogen-bond donors (Lipinski definition) is 2. The molecule has 0 aromatic heterocycles. The van der Waals surface area contributed by atoms with E-state index in [1.54, 1.807) is 0 Å². The molecule has 0 saturated carbocycles. The van der Waals surface area contributed by atoms with Gasteiger partial charge in [-0.3, -0.25) is 0 Å². The van der Waals surface area contributed by atoms with Crippen LogP contribution in [0.3, 0.4) is 0 Å². The maximum absolute atomic E-state index is 7.73. The molecule has 0 spiro atoms. The Balaban J connectivity index is 3.80. The second-order valence-electron chi connectivity index (χ2n) is 0.699. The molecule has 0 bridgehead atoms. The molecule has 0 aromatic carbocycles. The quantitative estimate of drug-likeness (QED) is 0.158. The highest BCUT2D eigenvalue weighted by molar-refractivity contribution is 5.78. The van der Waals surface area contributed by atoms with Crippen LogP contribution in [0.5, 0.6) is 0 Å².